The van der Waals surface area contributed by atoms with E-state index in [0.717, 1.165) is 12.8 Å². The van der Waals surface area contributed by atoms with Gasteiger partial charge in [0.15, 0.2) is 22.4 Å². The zero-order chi connectivity index (χ0) is 24.5. The van der Waals surface area contributed by atoms with Crippen molar-refractivity contribution in [1.82, 2.24) is 0 Å². The Morgan fingerprint density at radius 3 is 2.03 bits per heavy atom. The number of ether oxygens (including phenoxy) is 1. The zero-order valence-electron chi connectivity index (χ0n) is 22.1. The molecule has 0 spiro atoms. The summed E-state index contributed by atoms with van der Waals surface area (Å²) < 4.78 is 19.4. The van der Waals surface area contributed by atoms with Crippen LogP contribution in [0.3, 0.4) is 0 Å². The van der Waals surface area contributed by atoms with E-state index in [1.165, 1.54) is 5.57 Å². The van der Waals surface area contributed by atoms with Gasteiger partial charge in [-0.15, -0.1) is 0 Å². The Morgan fingerprint density at radius 1 is 1.00 bits per heavy atom. The quantitative estimate of drug-likeness (QED) is 0.215. The Hall–Kier alpha value is 0.204. The summed E-state index contributed by atoms with van der Waals surface area (Å²) in [5, 5.41) is 0.273. The molecular weight excluding hydrogens is 500 g/mol. The van der Waals surface area contributed by atoms with Crippen molar-refractivity contribution in [3.8, 4) is 0 Å². The fourth-order valence-electron chi connectivity index (χ4n) is 5.20. The van der Waals surface area contributed by atoms with Crippen LogP contribution in [-0.4, -0.2) is 52.2 Å². The van der Waals surface area contributed by atoms with Gasteiger partial charge < -0.3 is 13.6 Å². The van der Waals surface area contributed by atoms with E-state index in [4.69, 9.17) is 13.6 Å². The first-order valence-electron chi connectivity index (χ1n) is 12.2. The van der Waals surface area contributed by atoms with E-state index in [1.807, 2.05) is 0 Å². The number of rotatable bonds is 5. The van der Waals surface area contributed by atoms with Crippen LogP contribution in [0.2, 0.25) is 36.3 Å². The van der Waals surface area contributed by atoms with E-state index in [2.05, 4.69) is 89.7 Å². The molecule has 3 aliphatic rings. The van der Waals surface area contributed by atoms with Crippen LogP contribution in [0.5, 0.6) is 0 Å². The van der Waals surface area contributed by atoms with Crippen LogP contribution in [0.4, 0.5) is 0 Å². The number of halogens is 1. The van der Waals surface area contributed by atoms with E-state index < -0.39 is 21.0 Å². The highest BCUT2D eigenvalue weighted by molar-refractivity contribution is 9.10. The van der Waals surface area contributed by atoms with Gasteiger partial charge in [0.25, 0.3) is 0 Å². The normalized spacial score (nSPS) is 36.2. The molecule has 32 heavy (non-hydrogen) atoms. The largest absolute Gasteiger partial charge is 0.413 e. The summed E-state index contributed by atoms with van der Waals surface area (Å²) >= 11 is 3.92. The Balaban J connectivity index is 2.05. The third-order valence-electron chi connectivity index (χ3n) is 9.19. The highest BCUT2D eigenvalue weighted by Crippen LogP contribution is 2.59. The maximum atomic E-state index is 13.1. The fourth-order valence-corrected chi connectivity index (χ4v) is 8.88. The number of hydrogen-bond donors (Lipinski definition) is 0. The maximum absolute atomic E-state index is 13.1. The number of alkyl halides is 1. The Kier molecular flexibility index (Phi) is 7.04. The summed E-state index contributed by atoms with van der Waals surface area (Å²) in [6.07, 6.45) is 4.45. The number of fused-ring (bicyclic) bond motifs is 3. The molecule has 184 valence electrons. The van der Waals surface area contributed by atoms with E-state index in [0.29, 0.717) is 6.42 Å². The smallest absolute Gasteiger partial charge is 0.192 e. The van der Waals surface area contributed by atoms with Crippen LogP contribution < -0.4 is 0 Å². The Morgan fingerprint density at radius 2 is 1.53 bits per heavy atom. The van der Waals surface area contributed by atoms with Crippen LogP contribution in [0.25, 0.3) is 0 Å². The first-order chi connectivity index (χ1) is 14.4. The molecule has 0 aromatic heterocycles. The summed E-state index contributed by atoms with van der Waals surface area (Å²) in [7, 11) is -2.24. The molecule has 0 radical (unpaired) electrons. The SMILES string of the molecule is CO[C@H]1C=C2[C@H]([C@H]3CCC(=O)[C@@]13Br)[C@H](O[Si](C)(C)C(C)(C)C)C[C@@H]2O[Si](C)(C)C(C)(C)C. The number of Topliss-reactive ketones (excluding diaryl/α,β-unsaturated/α-hetero) is 1. The molecule has 3 rings (SSSR count). The molecular formula is C25H45BrO4Si2. The number of methoxy groups -OCH3 is 1. The number of carbonyl (C=O) groups excluding carboxylic acids is 1. The topological polar surface area (TPSA) is 44.8 Å². The standard InChI is InChI=1S/C25H45BrO4Si2/c1-23(2,3)31(8,9)29-18-15-19(30-32(10,11)24(4,5)6)22-16(18)14-21(28-7)25(26)17(22)12-13-20(25)27/h14,17-19,21-22H,12-13,15H2,1-11H3/t17-,18+,19-,21+,22-,25-/m1/s1. The first-order valence-corrected chi connectivity index (χ1v) is 18.8. The predicted octanol–water partition coefficient (Wildman–Crippen LogP) is 6.85. The summed E-state index contributed by atoms with van der Waals surface area (Å²) in [6, 6.07) is 0. The highest BCUT2D eigenvalue weighted by atomic mass is 79.9. The van der Waals surface area contributed by atoms with Crippen molar-refractivity contribution in [1.29, 1.82) is 0 Å². The van der Waals surface area contributed by atoms with Gasteiger partial charge in [-0.05, 0) is 54.2 Å². The second kappa shape index (κ2) is 8.40. The third kappa shape index (κ3) is 4.32. The van der Waals surface area contributed by atoms with Gasteiger partial charge in [-0.1, -0.05) is 63.5 Å². The highest BCUT2D eigenvalue weighted by Gasteiger charge is 2.63. The van der Waals surface area contributed by atoms with Gasteiger partial charge in [0.2, 0.25) is 0 Å². The van der Waals surface area contributed by atoms with E-state index in [9.17, 15) is 4.79 Å². The minimum absolute atomic E-state index is 0.0427. The average molecular weight is 546 g/mol. The molecule has 3 aliphatic carbocycles. The van der Waals surface area contributed by atoms with E-state index in [-0.39, 0.29) is 46.0 Å². The lowest BCUT2D eigenvalue weighted by Gasteiger charge is -2.46. The van der Waals surface area contributed by atoms with E-state index in [1.54, 1.807) is 7.11 Å². The molecule has 0 amide bonds. The van der Waals surface area contributed by atoms with Crippen molar-refractivity contribution in [2.24, 2.45) is 11.8 Å². The van der Waals surface area contributed by atoms with Crippen molar-refractivity contribution < 1.29 is 18.4 Å². The van der Waals surface area contributed by atoms with Crippen molar-refractivity contribution in [2.45, 2.75) is 120 Å². The molecule has 2 saturated carbocycles. The monoisotopic (exact) mass is 544 g/mol. The van der Waals surface area contributed by atoms with Crippen molar-refractivity contribution >= 4 is 38.3 Å². The average Bonchev–Trinajstić information content (AvgIpc) is 3.09. The molecule has 0 unspecified atom stereocenters. The zero-order valence-corrected chi connectivity index (χ0v) is 25.7. The summed E-state index contributed by atoms with van der Waals surface area (Å²) in [5.41, 5.74) is 1.32. The van der Waals surface area contributed by atoms with Crippen LogP contribution >= 0.6 is 15.9 Å². The van der Waals surface area contributed by atoms with Crippen LogP contribution in [0, 0.1) is 11.8 Å². The molecule has 2 fully saturated rings. The van der Waals surface area contributed by atoms with E-state index >= 15 is 0 Å². The summed E-state index contributed by atoms with van der Waals surface area (Å²) in [5.74, 6) is 0.656. The summed E-state index contributed by atoms with van der Waals surface area (Å²) in [6.45, 7) is 23.1. The van der Waals surface area contributed by atoms with Crippen LogP contribution in [0.1, 0.15) is 60.8 Å². The van der Waals surface area contributed by atoms with Gasteiger partial charge >= 0.3 is 0 Å². The van der Waals surface area contributed by atoms with Crippen molar-refractivity contribution in [3.63, 3.8) is 0 Å². The molecule has 0 aromatic carbocycles. The fraction of sp³-hybridized carbons (Fsp3) is 0.880. The second-order valence-electron chi connectivity index (χ2n) is 13.2. The van der Waals surface area contributed by atoms with Crippen molar-refractivity contribution in [3.05, 3.63) is 11.6 Å². The second-order valence-corrected chi connectivity index (χ2v) is 24.0. The third-order valence-corrected chi connectivity index (χ3v) is 19.7. The lowest BCUT2D eigenvalue weighted by molar-refractivity contribution is -0.122. The number of hydrogen-bond acceptors (Lipinski definition) is 4. The number of carbonyl (C=O) groups is 1. The molecule has 0 bridgehead atoms. The molecule has 6 atom stereocenters. The van der Waals surface area contributed by atoms with Gasteiger partial charge in [-0.2, -0.15) is 0 Å². The lowest BCUT2D eigenvalue weighted by atomic mass is 9.72. The Bertz CT molecular complexity index is 780. The van der Waals surface area contributed by atoms with Gasteiger partial charge in [0, 0.05) is 25.9 Å². The van der Waals surface area contributed by atoms with Gasteiger partial charge in [-0.3, -0.25) is 4.79 Å². The van der Waals surface area contributed by atoms with Crippen molar-refractivity contribution in [2.75, 3.05) is 7.11 Å². The molecule has 4 nitrogen and oxygen atoms in total. The minimum atomic E-state index is -1.98. The molecule has 0 heterocycles. The maximum Gasteiger partial charge on any atom is 0.192 e. The van der Waals surface area contributed by atoms with Gasteiger partial charge in [-0.25, -0.2) is 0 Å². The molecule has 0 saturated heterocycles. The molecule has 0 aromatic rings. The molecule has 0 N–H and O–H groups in total. The van der Waals surface area contributed by atoms with Gasteiger partial charge in [0.1, 0.15) is 4.32 Å². The lowest BCUT2D eigenvalue weighted by Crippen LogP contribution is -2.54. The predicted molar refractivity (Wildman–Crippen MR) is 141 cm³/mol. The summed E-state index contributed by atoms with van der Waals surface area (Å²) in [4.78, 5) is 13.1. The van der Waals surface area contributed by atoms with Crippen LogP contribution in [0.15, 0.2) is 11.6 Å². The number of ketones is 1. The minimum Gasteiger partial charge on any atom is -0.413 e. The van der Waals surface area contributed by atoms with Gasteiger partial charge in [0.05, 0.1) is 18.3 Å². The Labute approximate surface area is 206 Å². The van der Waals surface area contributed by atoms with Crippen LogP contribution in [-0.2, 0) is 18.4 Å². The first kappa shape index (κ1) is 26.8. The molecule has 7 heteroatoms. The molecule has 0 aliphatic heterocycles.